The number of rotatable bonds is 7. The van der Waals surface area contributed by atoms with E-state index in [9.17, 15) is 9.18 Å². The van der Waals surface area contributed by atoms with E-state index in [4.69, 9.17) is 9.15 Å². The summed E-state index contributed by atoms with van der Waals surface area (Å²) < 4.78 is 25.4. The van der Waals surface area contributed by atoms with Crippen molar-refractivity contribution in [2.24, 2.45) is 5.92 Å². The molecule has 0 N–H and O–H groups in total. The molecule has 1 aromatic heterocycles. The summed E-state index contributed by atoms with van der Waals surface area (Å²) in [4.78, 5) is 16.9. The van der Waals surface area contributed by atoms with Crippen molar-refractivity contribution in [1.29, 1.82) is 0 Å². The fourth-order valence-corrected chi connectivity index (χ4v) is 3.39. The molecule has 1 fully saturated rings. The Labute approximate surface area is 159 Å². The molecule has 1 aromatic carbocycles. The van der Waals surface area contributed by atoms with Crippen LogP contribution in [-0.4, -0.2) is 54.6 Å². The van der Waals surface area contributed by atoms with Crippen molar-refractivity contribution in [1.82, 2.24) is 9.80 Å². The number of nitrogens with zero attached hydrogens (tertiary/aromatic N) is 2. The highest BCUT2D eigenvalue weighted by Gasteiger charge is 2.27. The lowest BCUT2D eigenvalue weighted by Gasteiger charge is -2.36. The second kappa shape index (κ2) is 9.15. The van der Waals surface area contributed by atoms with Gasteiger partial charge >= 0.3 is 0 Å². The maximum absolute atomic E-state index is 14.1. The summed E-state index contributed by atoms with van der Waals surface area (Å²) in [6.45, 7) is 7.96. The Morgan fingerprint density at radius 2 is 2.11 bits per heavy atom. The van der Waals surface area contributed by atoms with Crippen LogP contribution < -0.4 is 0 Å². The molecule has 27 heavy (non-hydrogen) atoms. The third-order valence-corrected chi connectivity index (χ3v) is 4.58. The van der Waals surface area contributed by atoms with Crippen LogP contribution in [0.15, 0.2) is 47.1 Å². The first-order chi connectivity index (χ1) is 13.0. The van der Waals surface area contributed by atoms with Gasteiger partial charge in [0.2, 0.25) is 0 Å². The molecule has 3 rings (SSSR count). The lowest BCUT2D eigenvalue weighted by Crippen LogP contribution is -2.49. The highest BCUT2D eigenvalue weighted by atomic mass is 19.1. The van der Waals surface area contributed by atoms with Gasteiger partial charge in [0.1, 0.15) is 11.6 Å². The van der Waals surface area contributed by atoms with Crippen molar-refractivity contribution in [3.8, 4) is 0 Å². The zero-order chi connectivity index (χ0) is 19.2. The minimum Gasteiger partial charge on any atom is -0.468 e. The van der Waals surface area contributed by atoms with E-state index >= 15 is 0 Å². The van der Waals surface area contributed by atoms with Crippen LogP contribution in [0.1, 0.15) is 30.0 Å². The number of hydrogen-bond donors (Lipinski definition) is 0. The third-order valence-electron chi connectivity index (χ3n) is 4.58. The lowest BCUT2D eigenvalue weighted by molar-refractivity contribution is -0.0453. The fourth-order valence-electron chi connectivity index (χ4n) is 3.39. The van der Waals surface area contributed by atoms with Gasteiger partial charge in [0.15, 0.2) is 0 Å². The number of ether oxygens (including phenoxy) is 1. The van der Waals surface area contributed by atoms with Gasteiger partial charge in [-0.25, -0.2) is 4.39 Å². The van der Waals surface area contributed by atoms with Crippen LogP contribution >= 0.6 is 0 Å². The minimum absolute atomic E-state index is 0.108. The maximum Gasteiger partial charge on any atom is 0.256 e. The van der Waals surface area contributed by atoms with Crippen molar-refractivity contribution in [3.63, 3.8) is 0 Å². The Morgan fingerprint density at radius 3 is 2.81 bits per heavy atom. The molecule has 0 radical (unpaired) electrons. The molecule has 0 saturated carbocycles. The topological polar surface area (TPSA) is 45.9 Å². The SMILES string of the molecule is CC(C)CN(CC1CN(Cc2ccco2)CCO1)C(=O)c1ccccc1F. The first-order valence-corrected chi connectivity index (χ1v) is 9.43. The van der Waals surface area contributed by atoms with E-state index in [0.717, 1.165) is 18.8 Å². The number of halogens is 1. The Morgan fingerprint density at radius 1 is 1.30 bits per heavy atom. The van der Waals surface area contributed by atoms with Crippen LogP contribution in [-0.2, 0) is 11.3 Å². The van der Waals surface area contributed by atoms with Gasteiger partial charge in [-0.3, -0.25) is 9.69 Å². The van der Waals surface area contributed by atoms with Gasteiger partial charge in [0.25, 0.3) is 5.91 Å². The summed E-state index contributed by atoms with van der Waals surface area (Å²) >= 11 is 0. The number of carbonyl (C=O) groups excluding carboxylic acids is 1. The van der Waals surface area contributed by atoms with Crippen molar-refractivity contribution in [2.75, 3.05) is 32.8 Å². The molecule has 0 bridgehead atoms. The summed E-state index contributed by atoms with van der Waals surface area (Å²) in [5.41, 5.74) is 0.112. The molecule has 1 atom stereocenters. The van der Waals surface area contributed by atoms with Crippen molar-refractivity contribution in [3.05, 3.63) is 59.8 Å². The van der Waals surface area contributed by atoms with Gasteiger partial charge in [-0.15, -0.1) is 0 Å². The van der Waals surface area contributed by atoms with Crippen molar-refractivity contribution in [2.45, 2.75) is 26.5 Å². The monoisotopic (exact) mass is 374 g/mol. The van der Waals surface area contributed by atoms with E-state index in [0.29, 0.717) is 26.2 Å². The van der Waals surface area contributed by atoms with Gasteiger partial charge in [0.05, 0.1) is 31.1 Å². The average molecular weight is 374 g/mol. The first-order valence-electron chi connectivity index (χ1n) is 9.43. The molecule has 2 aromatic rings. The van der Waals surface area contributed by atoms with E-state index < -0.39 is 5.82 Å². The first kappa shape index (κ1) is 19.6. The Kier molecular flexibility index (Phi) is 6.63. The third kappa shape index (κ3) is 5.40. The molecule has 6 heteroatoms. The normalized spacial score (nSPS) is 18.0. The molecule has 146 valence electrons. The van der Waals surface area contributed by atoms with E-state index in [2.05, 4.69) is 4.90 Å². The van der Waals surface area contributed by atoms with Crippen LogP contribution in [0.3, 0.4) is 0 Å². The zero-order valence-electron chi connectivity index (χ0n) is 15.9. The Hall–Kier alpha value is -2.18. The summed E-state index contributed by atoms with van der Waals surface area (Å²) in [6, 6.07) is 9.97. The van der Waals surface area contributed by atoms with Crippen LogP contribution in [0.2, 0.25) is 0 Å². The second-order valence-corrected chi connectivity index (χ2v) is 7.39. The molecule has 1 aliphatic rings. The molecule has 0 aliphatic carbocycles. The van der Waals surface area contributed by atoms with E-state index in [1.165, 1.54) is 12.1 Å². The standard InChI is InChI=1S/C21H27FN2O3/c1-16(2)12-24(21(25)19-7-3-4-8-20(19)22)15-18-14-23(9-11-27-18)13-17-6-5-10-26-17/h3-8,10,16,18H,9,11-15H2,1-2H3. The quantitative estimate of drug-likeness (QED) is 0.745. The van der Waals surface area contributed by atoms with Crippen molar-refractivity contribution >= 4 is 5.91 Å². The Bertz CT molecular complexity index is 733. The van der Waals surface area contributed by atoms with Crippen LogP contribution in [0.4, 0.5) is 4.39 Å². The van der Waals surface area contributed by atoms with Gasteiger partial charge in [-0.1, -0.05) is 26.0 Å². The fraction of sp³-hybridized carbons (Fsp3) is 0.476. The molecule has 1 aliphatic heterocycles. The smallest absolute Gasteiger partial charge is 0.256 e. The van der Waals surface area contributed by atoms with E-state index in [1.54, 1.807) is 23.3 Å². The molecule has 0 spiro atoms. The van der Waals surface area contributed by atoms with Gasteiger partial charge in [-0.05, 0) is 30.2 Å². The predicted molar refractivity (Wildman–Crippen MR) is 101 cm³/mol. The molecular formula is C21H27FN2O3. The van der Waals surface area contributed by atoms with Crippen LogP contribution in [0.5, 0.6) is 0 Å². The molecule has 1 amide bonds. The highest BCUT2D eigenvalue weighted by molar-refractivity contribution is 5.94. The molecule has 2 heterocycles. The number of furan rings is 1. The van der Waals surface area contributed by atoms with E-state index in [-0.39, 0.29) is 23.5 Å². The molecular weight excluding hydrogens is 347 g/mol. The summed E-state index contributed by atoms with van der Waals surface area (Å²) in [5.74, 6) is 0.425. The minimum atomic E-state index is -0.486. The van der Waals surface area contributed by atoms with E-state index in [1.807, 2.05) is 26.0 Å². The molecule has 1 saturated heterocycles. The Balaban J connectivity index is 1.66. The number of benzene rings is 1. The summed E-state index contributed by atoms with van der Waals surface area (Å²) in [5, 5.41) is 0. The average Bonchev–Trinajstić information content (AvgIpc) is 3.14. The maximum atomic E-state index is 14.1. The summed E-state index contributed by atoms with van der Waals surface area (Å²) in [7, 11) is 0. The van der Waals surface area contributed by atoms with Gasteiger partial charge < -0.3 is 14.1 Å². The van der Waals surface area contributed by atoms with Crippen molar-refractivity contribution < 1.29 is 18.3 Å². The van der Waals surface area contributed by atoms with Gasteiger partial charge in [0, 0.05) is 26.2 Å². The predicted octanol–water partition coefficient (Wildman–Crippen LogP) is 3.42. The number of carbonyl (C=O) groups is 1. The molecule has 1 unspecified atom stereocenters. The lowest BCUT2D eigenvalue weighted by atomic mass is 10.1. The zero-order valence-corrected chi connectivity index (χ0v) is 15.9. The highest BCUT2D eigenvalue weighted by Crippen LogP contribution is 2.16. The number of hydrogen-bond acceptors (Lipinski definition) is 4. The second-order valence-electron chi connectivity index (χ2n) is 7.39. The molecule has 5 nitrogen and oxygen atoms in total. The number of morpholine rings is 1. The largest absolute Gasteiger partial charge is 0.468 e. The van der Waals surface area contributed by atoms with Gasteiger partial charge in [-0.2, -0.15) is 0 Å². The van der Waals surface area contributed by atoms with Crippen LogP contribution in [0.25, 0.3) is 0 Å². The summed E-state index contributed by atoms with van der Waals surface area (Å²) in [6.07, 6.45) is 1.56. The van der Waals surface area contributed by atoms with Crippen LogP contribution in [0, 0.1) is 11.7 Å². The number of amides is 1.